The maximum absolute atomic E-state index is 12.6. The fourth-order valence-corrected chi connectivity index (χ4v) is 4.97. The van der Waals surface area contributed by atoms with Gasteiger partial charge in [-0.15, -0.1) is 34.0 Å². The lowest BCUT2D eigenvalue weighted by Crippen LogP contribution is -2.16. The fraction of sp³-hybridized carbons (Fsp3) is 0. The lowest BCUT2D eigenvalue weighted by atomic mass is 10.2. The number of aromatic nitrogens is 1. The molecule has 0 fully saturated rings. The van der Waals surface area contributed by atoms with Crippen LogP contribution in [0.3, 0.4) is 0 Å². The van der Waals surface area contributed by atoms with E-state index in [1.165, 1.54) is 11.3 Å². The highest BCUT2D eigenvalue weighted by Gasteiger charge is 2.18. The number of fused-ring (bicyclic) bond motifs is 1. The second-order valence-electron chi connectivity index (χ2n) is 5.14. The minimum Gasteiger partial charge on any atom is -0.506 e. The van der Waals surface area contributed by atoms with Gasteiger partial charge >= 0.3 is 0 Å². The second-order valence-corrected chi connectivity index (χ2v) is 8.09. The molecule has 0 atom stereocenters. The summed E-state index contributed by atoms with van der Waals surface area (Å²) in [6.45, 7) is 0. The number of amides is 1. The van der Waals surface area contributed by atoms with Crippen molar-refractivity contribution in [1.29, 1.82) is 0 Å². The normalized spacial score (nSPS) is 10.7. The maximum Gasteiger partial charge on any atom is 0.269 e. The van der Waals surface area contributed by atoms with Crippen molar-refractivity contribution in [2.45, 2.75) is 0 Å². The molecule has 0 spiro atoms. The van der Waals surface area contributed by atoms with E-state index in [2.05, 4.69) is 10.3 Å². The predicted octanol–water partition coefficient (Wildman–Crippen LogP) is 4.94. The second kappa shape index (κ2) is 6.79. The Bertz CT molecular complexity index is 1010. The number of hydrogen-bond donors (Lipinski definition) is 2. The van der Waals surface area contributed by atoms with Gasteiger partial charge in [0, 0.05) is 39.3 Å². The van der Waals surface area contributed by atoms with E-state index in [1.54, 1.807) is 47.3 Å². The summed E-state index contributed by atoms with van der Waals surface area (Å²) in [4.78, 5) is 19.0. The third-order valence-corrected chi connectivity index (χ3v) is 6.53. The molecule has 0 radical (unpaired) electrons. The highest BCUT2D eigenvalue weighted by Crippen LogP contribution is 2.36. The van der Waals surface area contributed by atoms with Crippen LogP contribution in [-0.2, 0) is 0 Å². The van der Waals surface area contributed by atoms with Crippen molar-refractivity contribution in [3.8, 4) is 5.75 Å². The molecule has 4 aromatic rings. The van der Waals surface area contributed by atoms with E-state index < -0.39 is 0 Å². The van der Waals surface area contributed by atoms with Crippen molar-refractivity contribution in [2.75, 3.05) is 0 Å². The van der Waals surface area contributed by atoms with Crippen LogP contribution in [0.4, 0.5) is 0 Å². The van der Waals surface area contributed by atoms with E-state index in [4.69, 9.17) is 0 Å². The highest BCUT2D eigenvalue weighted by molar-refractivity contribution is 7.21. The van der Waals surface area contributed by atoms with Gasteiger partial charge in [-0.25, -0.2) is 0 Å². The summed E-state index contributed by atoms with van der Waals surface area (Å²) in [7, 11) is 0. The van der Waals surface area contributed by atoms with Crippen LogP contribution in [0.5, 0.6) is 5.75 Å². The standard InChI is InChI=1S/C18H12N2O2S3/c21-16-11-5-6-19-10-15(11)25-17(16)18(22)20-9-12(13-3-1-7-23-13)14-4-2-8-24-14/h1-10,21H,(H,20,22). The summed E-state index contributed by atoms with van der Waals surface area (Å²) in [6, 6.07) is 9.70. The first kappa shape index (κ1) is 16.0. The molecule has 25 heavy (non-hydrogen) atoms. The number of carbonyl (C=O) groups is 1. The van der Waals surface area contributed by atoms with Gasteiger partial charge in [0.15, 0.2) is 0 Å². The summed E-state index contributed by atoms with van der Waals surface area (Å²) in [5.74, 6) is -0.327. The van der Waals surface area contributed by atoms with Gasteiger partial charge in [0.05, 0.1) is 4.70 Å². The van der Waals surface area contributed by atoms with Crippen molar-refractivity contribution >= 4 is 55.6 Å². The molecule has 0 saturated carbocycles. The van der Waals surface area contributed by atoms with E-state index >= 15 is 0 Å². The molecule has 2 N–H and O–H groups in total. The quantitative estimate of drug-likeness (QED) is 0.524. The van der Waals surface area contributed by atoms with E-state index in [9.17, 15) is 9.90 Å². The average Bonchev–Trinajstić information content (AvgIpc) is 3.37. The van der Waals surface area contributed by atoms with Crippen LogP contribution in [0.15, 0.2) is 59.7 Å². The van der Waals surface area contributed by atoms with Gasteiger partial charge in [-0.3, -0.25) is 9.78 Å². The van der Waals surface area contributed by atoms with Crippen LogP contribution < -0.4 is 5.32 Å². The van der Waals surface area contributed by atoms with E-state index in [0.29, 0.717) is 5.39 Å². The Hall–Kier alpha value is -2.48. The van der Waals surface area contributed by atoms with Crippen molar-refractivity contribution in [1.82, 2.24) is 10.3 Å². The summed E-state index contributed by atoms with van der Waals surface area (Å²) in [5, 5.41) is 17.8. The largest absolute Gasteiger partial charge is 0.506 e. The van der Waals surface area contributed by atoms with Crippen molar-refractivity contribution in [3.05, 3.63) is 74.3 Å². The first-order valence-electron chi connectivity index (χ1n) is 7.38. The van der Waals surface area contributed by atoms with Gasteiger partial charge in [0.2, 0.25) is 0 Å². The molecule has 7 heteroatoms. The lowest BCUT2D eigenvalue weighted by molar-refractivity contribution is 0.0972. The third kappa shape index (κ3) is 3.09. The zero-order chi connectivity index (χ0) is 17.2. The topological polar surface area (TPSA) is 62.2 Å². The predicted molar refractivity (Wildman–Crippen MR) is 104 cm³/mol. The van der Waals surface area contributed by atoms with Gasteiger partial charge in [0.1, 0.15) is 10.6 Å². The Labute approximate surface area is 155 Å². The number of rotatable bonds is 4. The van der Waals surface area contributed by atoms with Gasteiger partial charge in [-0.1, -0.05) is 12.1 Å². The molecule has 0 aliphatic rings. The number of thiophene rings is 3. The van der Waals surface area contributed by atoms with Crippen LogP contribution in [0.25, 0.3) is 15.7 Å². The van der Waals surface area contributed by atoms with Gasteiger partial charge in [-0.05, 0) is 29.0 Å². The molecule has 0 unspecified atom stereocenters. The summed E-state index contributed by atoms with van der Waals surface area (Å²) in [5.41, 5.74) is 0.959. The SMILES string of the molecule is O=C(NC=C(c1cccs1)c1cccs1)c1sc2cnccc2c1O. The third-order valence-electron chi connectivity index (χ3n) is 3.59. The number of pyridine rings is 1. The van der Waals surface area contributed by atoms with Crippen LogP contribution in [-0.4, -0.2) is 16.0 Å². The zero-order valence-corrected chi connectivity index (χ0v) is 15.3. The average molecular weight is 385 g/mol. The van der Waals surface area contributed by atoms with Crippen molar-refractivity contribution in [3.63, 3.8) is 0 Å². The summed E-state index contributed by atoms with van der Waals surface area (Å²) >= 11 is 4.46. The molecular formula is C18H12N2O2S3. The maximum atomic E-state index is 12.6. The van der Waals surface area contributed by atoms with E-state index in [0.717, 1.165) is 20.0 Å². The smallest absolute Gasteiger partial charge is 0.269 e. The number of carbonyl (C=O) groups excluding carboxylic acids is 1. The Morgan fingerprint density at radius 1 is 1.12 bits per heavy atom. The minimum atomic E-state index is -0.329. The number of hydrogen-bond acceptors (Lipinski definition) is 6. The summed E-state index contributed by atoms with van der Waals surface area (Å²) in [6.07, 6.45) is 4.96. The monoisotopic (exact) mass is 384 g/mol. The lowest BCUT2D eigenvalue weighted by Gasteiger charge is -2.04. The van der Waals surface area contributed by atoms with Crippen LogP contribution in [0.2, 0.25) is 0 Å². The zero-order valence-electron chi connectivity index (χ0n) is 12.8. The number of nitrogens with one attached hydrogen (secondary N) is 1. The Balaban J connectivity index is 1.66. The molecule has 4 heterocycles. The molecule has 4 nitrogen and oxygen atoms in total. The van der Waals surface area contributed by atoms with E-state index in [1.807, 2.05) is 35.0 Å². The highest BCUT2D eigenvalue weighted by atomic mass is 32.1. The van der Waals surface area contributed by atoms with Gasteiger partial charge in [0.25, 0.3) is 5.91 Å². The van der Waals surface area contributed by atoms with Crippen molar-refractivity contribution in [2.24, 2.45) is 0 Å². The van der Waals surface area contributed by atoms with Gasteiger partial charge in [-0.2, -0.15) is 0 Å². The molecule has 0 saturated heterocycles. The molecule has 124 valence electrons. The molecule has 1 amide bonds. The summed E-state index contributed by atoms with van der Waals surface area (Å²) < 4.78 is 0.783. The Morgan fingerprint density at radius 3 is 2.44 bits per heavy atom. The Morgan fingerprint density at radius 2 is 1.84 bits per heavy atom. The molecule has 4 rings (SSSR count). The number of aromatic hydroxyl groups is 1. The van der Waals surface area contributed by atoms with E-state index in [-0.39, 0.29) is 16.5 Å². The fourth-order valence-electron chi connectivity index (χ4n) is 2.42. The Kier molecular flexibility index (Phi) is 4.35. The molecule has 4 aromatic heterocycles. The molecule has 0 aliphatic carbocycles. The van der Waals surface area contributed by atoms with Crippen molar-refractivity contribution < 1.29 is 9.90 Å². The molecule has 0 bridgehead atoms. The van der Waals surface area contributed by atoms with Crippen LogP contribution in [0, 0.1) is 0 Å². The first-order chi connectivity index (χ1) is 12.2. The first-order valence-corrected chi connectivity index (χ1v) is 9.96. The van der Waals surface area contributed by atoms with Gasteiger partial charge < -0.3 is 10.4 Å². The van der Waals surface area contributed by atoms with Crippen LogP contribution >= 0.6 is 34.0 Å². The van der Waals surface area contributed by atoms with Crippen LogP contribution in [0.1, 0.15) is 19.4 Å². The molecule has 0 aliphatic heterocycles. The number of nitrogens with zero attached hydrogens (tertiary/aromatic N) is 1. The molecule has 0 aromatic carbocycles. The molecular weight excluding hydrogens is 372 g/mol. The minimum absolute atomic E-state index is 0.00194.